The summed E-state index contributed by atoms with van der Waals surface area (Å²) in [6.45, 7) is 3.63. The Morgan fingerprint density at radius 3 is 2.32 bits per heavy atom. The second-order valence-corrected chi connectivity index (χ2v) is 5.65. The lowest BCUT2D eigenvalue weighted by molar-refractivity contribution is 0.119. The molecule has 1 atom stereocenters. The van der Waals surface area contributed by atoms with Crippen molar-refractivity contribution in [1.82, 2.24) is 4.90 Å². The van der Waals surface area contributed by atoms with E-state index in [2.05, 4.69) is 35.2 Å². The van der Waals surface area contributed by atoms with Gasteiger partial charge in [-0.1, -0.05) is 42.5 Å². The Labute approximate surface area is 133 Å². The summed E-state index contributed by atoms with van der Waals surface area (Å²) in [4.78, 5) is 2.11. The van der Waals surface area contributed by atoms with E-state index in [4.69, 9.17) is 9.47 Å². The first-order chi connectivity index (χ1) is 10.6. The number of nitrogens with zero attached hydrogens (tertiary/aromatic N) is 1. The van der Waals surface area contributed by atoms with Crippen LogP contribution >= 0.6 is 0 Å². The zero-order valence-electron chi connectivity index (χ0n) is 13.9. The average molecular weight is 299 g/mol. The molecule has 0 aromatic heterocycles. The van der Waals surface area contributed by atoms with Crippen molar-refractivity contribution in [2.24, 2.45) is 0 Å². The van der Waals surface area contributed by atoms with Crippen LogP contribution in [0.25, 0.3) is 11.1 Å². The summed E-state index contributed by atoms with van der Waals surface area (Å²) in [5.41, 5.74) is 3.46. The van der Waals surface area contributed by atoms with Crippen LogP contribution in [0.4, 0.5) is 0 Å². The van der Waals surface area contributed by atoms with Gasteiger partial charge in [0.1, 0.15) is 12.4 Å². The molecule has 0 saturated carbocycles. The highest BCUT2D eigenvalue weighted by Crippen LogP contribution is 2.30. The van der Waals surface area contributed by atoms with Gasteiger partial charge in [-0.15, -0.1) is 0 Å². The van der Waals surface area contributed by atoms with Crippen LogP contribution in [0.15, 0.2) is 48.5 Å². The van der Waals surface area contributed by atoms with Crippen LogP contribution < -0.4 is 4.74 Å². The summed E-state index contributed by atoms with van der Waals surface area (Å²) in [7, 11) is 5.82. The van der Waals surface area contributed by atoms with E-state index in [1.165, 1.54) is 5.56 Å². The average Bonchev–Trinajstić information content (AvgIpc) is 2.54. The first-order valence-corrected chi connectivity index (χ1v) is 7.61. The van der Waals surface area contributed by atoms with Crippen LogP contribution in [0.2, 0.25) is 0 Å². The van der Waals surface area contributed by atoms with Crippen molar-refractivity contribution in [3.05, 3.63) is 54.1 Å². The van der Waals surface area contributed by atoms with E-state index in [9.17, 15) is 0 Å². The molecule has 3 heteroatoms. The standard InChI is InChI=1S/C19H25NO2/c1-15(21-4)16-9-11-17(12-10-16)18-7-5-6-8-19(18)22-14-13-20(2)3/h5-12,15H,13-14H2,1-4H3/t15-/m1/s1. The molecule has 22 heavy (non-hydrogen) atoms. The lowest BCUT2D eigenvalue weighted by Crippen LogP contribution is -2.19. The lowest BCUT2D eigenvalue weighted by Gasteiger charge is -2.15. The largest absolute Gasteiger partial charge is 0.492 e. The van der Waals surface area contributed by atoms with Gasteiger partial charge in [0, 0.05) is 19.2 Å². The van der Waals surface area contributed by atoms with Gasteiger partial charge in [0.2, 0.25) is 0 Å². The molecule has 2 aromatic rings. The maximum absolute atomic E-state index is 5.93. The lowest BCUT2D eigenvalue weighted by atomic mass is 10.0. The molecule has 0 aliphatic carbocycles. The Balaban J connectivity index is 2.17. The fraction of sp³-hybridized carbons (Fsp3) is 0.368. The summed E-state index contributed by atoms with van der Waals surface area (Å²) in [5, 5.41) is 0. The molecule has 3 nitrogen and oxygen atoms in total. The minimum Gasteiger partial charge on any atom is -0.492 e. The van der Waals surface area contributed by atoms with Gasteiger partial charge in [-0.25, -0.2) is 0 Å². The van der Waals surface area contributed by atoms with Crippen molar-refractivity contribution in [2.45, 2.75) is 13.0 Å². The molecule has 0 unspecified atom stereocenters. The summed E-state index contributed by atoms with van der Waals surface area (Å²) >= 11 is 0. The van der Waals surface area contributed by atoms with E-state index in [0.29, 0.717) is 6.61 Å². The van der Waals surface area contributed by atoms with Gasteiger partial charge in [0.05, 0.1) is 6.10 Å². The minimum atomic E-state index is 0.112. The van der Waals surface area contributed by atoms with E-state index in [1.807, 2.05) is 39.2 Å². The second kappa shape index (κ2) is 7.97. The number of rotatable bonds is 7. The molecule has 0 fully saturated rings. The summed E-state index contributed by atoms with van der Waals surface area (Å²) in [5.74, 6) is 0.928. The molecular weight excluding hydrogens is 274 g/mol. The van der Waals surface area contributed by atoms with Crippen molar-refractivity contribution in [1.29, 1.82) is 0 Å². The molecule has 0 amide bonds. The Morgan fingerprint density at radius 1 is 1.00 bits per heavy atom. The minimum absolute atomic E-state index is 0.112. The van der Waals surface area contributed by atoms with Crippen molar-refractivity contribution in [2.75, 3.05) is 34.4 Å². The van der Waals surface area contributed by atoms with Crippen LogP contribution in [-0.4, -0.2) is 39.3 Å². The molecule has 0 radical (unpaired) electrons. The molecule has 0 aliphatic rings. The monoisotopic (exact) mass is 299 g/mol. The molecule has 0 heterocycles. The van der Waals surface area contributed by atoms with E-state index in [1.54, 1.807) is 7.11 Å². The highest BCUT2D eigenvalue weighted by molar-refractivity contribution is 5.70. The normalized spacial score (nSPS) is 12.4. The Hall–Kier alpha value is -1.84. The molecule has 0 saturated heterocycles. The van der Waals surface area contributed by atoms with Crippen LogP contribution in [0, 0.1) is 0 Å². The number of ether oxygens (including phenoxy) is 2. The predicted molar refractivity (Wildman–Crippen MR) is 91.4 cm³/mol. The van der Waals surface area contributed by atoms with Gasteiger partial charge in [-0.2, -0.15) is 0 Å². The van der Waals surface area contributed by atoms with Gasteiger partial charge in [0.15, 0.2) is 0 Å². The van der Waals surface area contributed by atoms with E-state index in [-0.39, 0.29) is 6.10 Å². The van der Waals surface area contributed by atoms with Crippen LogP contribution in [0.5, 0.6) is 5.75 Å². The fourth-order valence-corrected chi connectivity index (χ4v) is 2.24. The molecular formula is C19H25NO2. The zero-order chi connectivity index (χ0) is 15.9. The van der Waals surface area contributed by atoms with E-state index in [0.717, 1.165) is 23.4 Å². The molecule has 2 rings (SSSR count). The number of para-hydroxylation sites is 1. The fourth-order valence-electron chi connectivity index (χ4n) is 2.24. The molecule has 0 N–H and O–H groups in total. The second-order valence-electron chi connectivity index (χ2n) is 5.65. The third-order valence-corrected chi connectivity index (χ3v) is 3.73. The van der Waals surface area contributed by atoms with Crippen molar-refractivity contribution in [3.63, 3.8) is 0 Å². The SMILES string of the molecule is CO[C@H](C)c1ccc(-c2ccccc2OCCN(C)C)cc1. The molecule has 118 valence electrons. The maximum atomic E-state index is 5.93. The van der Waals surface area contributed by atoms with Crippen LogP contribution in [0.3, 0.4) is 0 Å². The van der Waals surface area contributed by atoms with E-state index >= 15 is 0 Å². The van der Waals surface area contributed by atoms with Crippen molar-refractivity contribution in [3.8, 4) is 16.9 Å². The van der Waals surface area contributed by atoms with Gasteiger partial charge in [-0.05, 0) is 38.2 Å². The third kappa shape index (κ3) is 4.33. The van der Waals surface area contributed by atoms with Crippen LogP contribution in [0.1, 0.15) is 18.6 Å². The number of methoxy groups -OCH3 is 1. The van der Waals surface area contributed by atoms with Crippen molar-refractivity contribution < 1.29 is 9.47 Å². The third-order valence-electron chi connectivity index (χ3n) is 3.73. The predicted octanol–water partition coefficient (Wildman–Crippen LogP) is 4.00. The van der Waals surface area contributed by atoms with Crippen LogP contribution in [-0.2, 0) is 4.74 Å². The summed E-state index contributed by atoms with van der Waals surface area (Å²) in [6, 6.07) is 16.6. The zero-order valence-corrected chi connectivity index (χ0v) is 13.9. The molecule has 0 bridgehead atoms. The smallest absolute Gasteiger partial charge is 0.127 e. The van der Waals surface area contributed by atoms with Gasteiger partial charge >= 0.3 is 0 Å². The quantitative estimate of drug-likeness (QED) is 0.771. The van der Waals surface area contributed by atoms with Gasteiger partial charge in [0.25, 0.3) is 0 Å². The highest BCUT2D eigenvalue weighted by atomic mass is 16.5. The number of likely N-dealkylation sites (N-methyl/N-ethyl adjacent to an activating group) is 1. The topological polar surface area (TPSA) is 21.7 Å². The van der Waals surface area contributed by atoms with Gasteiger partial charge < -0.3 is 14.4 Å². The summed E-state index contributed by atoms with van der Waals surface area (Å²) < 4.78 is 11.3. The van der Waals surface area contributed by atoms with Gasteiger partial charge in [-0.3, -0.25) is 0 Å². The Morgan fingerprint density at radius 2 is 1.68 bits per heavy atom. The Bertz CT molecular complexity index is 578. The Kier molecular flexibility index (Phi) is 5.99. The van der Waals surface area contributed by atoms with E-state index < -0.39 is 0 Å². The molecule has 0 spiro atoms. The number of hydrogen-bond donors (Lipinski definition) is 0. The maximum Gasteiger partial charge on any atom is 0.127 e. The summed E-state index contributed by atoms with van der Waals surface area (Å²) in [6.07, 6.45) is 0.112. The van der Waals surface area contributed by atoms with Crippen molar-refractivity contribution >= 4 is 0 Å². The molecule has 0 aliphatic heterocycles. The number of benzene rings is 2. The highest BCUT2D eigenvalue weighted by Gasteiger charge is 2.08. The first-order valence-electron chi connectivity index (χ1n) is 7.61. The number of hydrogen-bond acceptors (Lipinski definition) is 3. The molecule has 2 aromatic carbocycles. The first kappa shape index (κ1) is 16.5.